The van der Waals surface area contributed by atoms with Crippen LogP contribution in [-0.2, 0) is 4.79 Å². The van der Waals surface area contributed by atoms with Gasteiger partial charge in [0.1, 0.15) is 5.75 Å². The number of rotatable bonds is 7. The van der Waals surface area contributed by atoms with Crippen LogP contribution in [0.15, 0.2) is 36.4 Å². The Morgan fingerprint density at radius 3 is 2.27 bits per heavy atom. The third-order valence-electron chi connectivity index (χ3n) is 4.28. The second-order valence-electron chi connectivity index (χ2n) is 6.37. The van der Waals surface area contributed by atoms with Gasteiger partial charge in [0.15, 0.2) is 17.6 Å². The van der Waals surface area contributed by atoms with Crippen LogP contribution in [0.2, 0.25) is 0 Å². The Hall–Kier alpha value is -2.69. The summed E-state index contributed by atoms with van der Waals surface area (Å²) in [6.45, 7) is 7.63. The summed E-state index contributed by atoms with van der Waals surface area (Å²) in [5, 5.41) is 2.98. The Bertz CT molecular complexity index is 773. The fraction of sp³-hybridized carbons (Fsp3) is 0.381. The summed E-state index contributed by atoms with van der Waals surface area (Å²) in [4.78, 5) is 12.5. The Morgan fingerprint density at radius 1 is 0.923 bits per heavy atom. The van der Waals surface area contributed by atoms with Crippen molar-refractivity contribution in [3.63, 3.8) is 0 Å². The molecule has 0 saturated heterocycles. The van der Waals surface area contributed by atoms with Crippen molar-refractivity contribution >= 4 is 5.91 Å². The molecule has 2 atom stereocenters. The summed E-state index contributed by atoms with van der Waals surface area (Å²) >= 11 is 0. The number of aryl methyl sites for hydroxylation is 2. The number of amides is 1. The average Bonchev–Trinajstić information content (AvgIpc) is 2.63. The number of nitrogens with one attached hydrogen (secondary N) is 1. The molecular weight excluding hydrogens is 330 g/mol. The lowest BCUT2D eigenvalue weighted by atomic mass is 10.1. The van der Waals surface area contributed by atoms with Crippen LogP contribution in [0, 0.1) is 13.8 Å². The highest BCUT2D eigenvalue weighted by molar-refractivity contribution is 5.81. The first kappa shape index (κ1) is 19.6. The van der Waals surface area contributed by atoms with Gasteiger partial charge in [0.2, 0.25) is 0 Å². The Kier molecular flexibility index (Phi) is 6.50. The van der Waals surface area contributed by atoms with Crippen LogP contribution in [0.5, 0.6) is 17.2 Å². The third kappa shape index (κ3) is 4.69. The minimum absolute atomic E-state index is 0.173. The lowest BCUT2D eigenvalue weighted by Gasteiger charge is -2.20. The first-order valence-electron chi connectivity index (χ1n) is 8.62. The van der Waals surface area contributed by atoms with Crippen LogP contribution in [0.1, 0.15) is 36.6 Å². The highest BCUT2D eigenvalue weighted by Crippen LogP contribution is 2.30. The van der Waals surface area contributed by atoms with E-state index in [4.69, 9.17) is 14.2 Å². The molecule has 0 saturated carbocycles. The second-order valence-corrected chi connectivity index (χ2v) is 6.37. The normalized spacial score (nSPS) is 12.8. The van der Waals surface area contributed by atoms with Gasteiger partial charge in [0.05, 0.1) is 20.3 Å². The van der Waals surface area contributed by atoms with Gasteiger partial charge in [-0.1, -0.05) is 18.2 Å². The Morgan fingerprint density at radius 2 is 1.62 bits per heavy atom. The van der Waals surface area contributed by atoms with Crippen LogP contribution in [0.3, 0.4) is 0 Å². The quantitative estimate of drug-likeness (QED) is 0.815. The van der Waals surface area contributed by atoms with Crippen molar-refractivity contribution in [2.24, 2.45) is 0 Å². The Labute approximate surface area is 155 Å². The monoisotopic (exact) mass is 357 g/mol. The zero-order chi connectivity index (χ0) is 19.3. The predicted octanol–water partition coefficient (Wildman–Crippen LogP) is 3.97. The molecule has 2 rings (SSSR count). The molecule has 0 aromatic heterocycles. The number of carbonyl (C=O) groups excluding carboxylic acids is 1. The van der Waals surface area contributed by atoms with E-state index in [0.29, 0.717) is 11.5 Å². The summed E-state index contributed by atoms with van der Waals surface area (Å²) in [6, 6.07) is 11.4. The van der Waals surface area contributed by atoms with Crippen molar-refractivity contribution in [2.45, 2.75) is 39.8 Å². The number of hydrogen-bond donors (Lipinski definition) is 1. The zero-order valence-corrected chi connectivity index (χ0v) is 16.3. The van der Waals surface area contributed by atoms with Crippen LogP contribution in [0.25, 0.3) is 0 Å². The van der Waals surface area contributed by atoms with Crippen molar-refractivity contribution in [1.82, 2.24) is 5.32 Å². The fourth-order valence-electron chi connectivity index (χ4n) is 2.61. The fourth-order valence-corrected chi connectivity index (χ4v) is 2.61. The van der Waals surface area contributed by atoms with Gasteiger partial charge in [-0.2, -0.15) is 0 Å². The third-order valence-corrected chi connectivity index (χ3v) is 4.28. The highest BCUT2D eigenvalue weighted by atomic mass is 16.5. The molecule has 0 heterocycles. The van der Waals surface area contributed by atoms with Crippen LogP contribution < -0.4 is 19.5 Å². The molecule has 0 unspecified atom stereocenters. The number of benzene rings is 2. The molecule has 1 amide bonds. The van der Waals surface area contributed by atoms with E-state index in [0.717, 1.165) is 22.4 Å². The zero-order valence-electron chi connectivity index (χ0n) is 16.3. The molecule has 0 radical (unpaired) electrons. The second kappa shape index (κ2) is 8.61. The molecule has 1 N–H and O–H groups in total. The number of hydrogen-bond acceptors (Lipinski definition) is 4. The van der Waals surface area contributed by atoms with Gasteiger partial charge in [-0.25, -0.2) is 0 Å². The van der Waals surface area contributed by atoms with Gasteiger partial charge in [-0.3, -0.25) is 4.79 Å². The molecule has 0 fully saturated rings. The maximum absolute atomic E-state index is 12.5. The molecule has 0 bridgehead atoms. The summed E-state index contributed by atoms with van der Waals surface area (Å²) in [5.74, 6) is 1.84. The van der Waals surface area contributed by atoms with Crippen molar-refractivity contribution in [2.75, 3.05) is 14.2 Å². The molecule has 140 valence electrons. The summed E-state index contributed by atoms with van der Waals surface area (Å²) in [7, 11) is 3.18. The molecule has 0 aliphatic carbocycles. The first-order valence-corrected chi connectivity index (χ1v) is 8.62. The largest absolute Gasteiger partial charge is 0.493 e. The number of carbonyl (C=O) groups is 1. The average molecular weight is 357 g/mol. The molecule has 5 heteroatoms. The topological polar surface area (TPSA) is 56.8 Å². The lowest BCUT2D eigenvalue weighted by molar-refractivity contribution is -0.127. The minimum Gasteiger partial charge on any atom is -0.493 e. The molecule has 2 aromatic carbocycles. The van der Waals surface area contributed by atoms with Crippen molar-refractivity contribution < 1.29 is 19.0 Å². The highest BCUT2D eigenvalue weighted by Gasteiger charge is 2.19. The van der Waals surface area contributed by atoms with E-state index < -0.39 is 6.10 Å². The van der Waals surface area contributed by atoms with Gasteiger partial charge < -0.3 is 19.5 Å². The van der Waals surface area contributed by atoms with Crippen LogP contribution in [-0.4, -0.2) is 26.2 Å². The van der Waals surface area contributed by atoms with Gasteiger partial charge in [0.25, 0.3) is 5.91 Å². The molecule has 0 aliphatic heterocycles. The predicted molar refractivity (Wildman–Crippen MR) is 102 cm³/mol. The maximum Gasteiger partial charge on any atom is 0.261 e. The number of methoxy groups -OCH3 is 2. The van der Waals surface area contributed by atoms with E-state index in [1.807, 2.05) is 57.2 Å². The number of ether oxygens (including phenoxy) is 3. The van der Waals surface area contributed by atoms with Crippen molar-refractivity contribution in [3.05, 3.63) is 53.1 Å². The van der Waals surface area contributed by atoms with Gasteiger partial charge in [-0.15, -0.1) is 0 Å². The van der Waals surface area contributed by atoms with E-state index in [2.05, 4.69) is 5.32 Å². The molecule has 26 heavy (non-hydrogen) atoms. The summed E-state index contributed by atoms with van der Waals surface area (Å²) < 4.78 is 16.4. The molecular formula is C21H27NO4. The van der Waals surface area contributed by atoms with Crippen molar-refractivity contribution in [1.29, 1.82) is 0 Å². The van der Waals surface area contributed by atoms with E-state index >= 15 is 0 Å². The molecule has 2 aromatic rings. The SMILES string of the molecule is COc1ccc([C@@H](C)NC(=O)[C@H](C)Oc2cc(C)ccc2C)cc1OC. The minimum atomic E-state index is -0.599. The van der Waals surface area contributed by atoms with E-state index in [-0.39, 0.29) is 11.9 Å². The van der Waals surface area contributed by atoms with E-state index in [1.165, 1.54) is 0 Å². The molecule has 0 spiro atoms. The smallest absolute Gasteiger partial charge is 0.261 e. The summed E-state index contributed by atoms with van der Waals surface area (Å²) in [5.41, 5.74) is 3.02. The van der Waals surface area contributed by atoms with Gasteiger partial charge >= 0.3 is 0 Å². The van der Waals surface area contributed by atoms with Crippen LogP contribution >= 0.6 is 0 Å². The summed E-state index contributed by atoms with van der Waals surface area (Å²) in [6.07, 6.45) is -0.599. The first-order chi connectivity index (χ1) is 12.3. The maximum atomic E-state index is 12.5. The molecule has 0 aliphatic rings. The lowest BCUT2D eigenvalue weighted by Crippen LogP contribution is -2.37. The Balaban J connectivity index is 2.05. The molecule has 5 nitrogen and oxygen atoms in total. The van der Waals surface area contributed by atoms with Gasteiger partial charge in [-0.05, 0) is 62.6 Å². The standard InChI is InChI=1S/C21H27NO4/c1-13-7-8-14(2)19(11-13)26-16(4)21(23)22-15(3)17-9-10-18(24-5)20(12-17)25-6/h7-12,15-16H,1-6H3,(H,22,23)/t15-,16+/m1/s1. The van der Waals surface area contributed by atoms with Crippen molar-refractivity contribution in [3.8, 4) is 17.2 Å². The van der Waals surface area contributed by atoms with Gasteiger partial charge in [0, 0.05) is 0 Å². The van der Waals surface area contributed by atoms with E-state index in [1.54, 1.807) is 21.1 Å². The van der Waals surface area contributed by atoms with E-state index in [9.17, 15) is 4.79 Å². The van der Waals surface area contributed by atoms with Crippen LogP contribution in [0.4, 0.5) is 0 Å².